The Morgan fingerprint density at radius 1 is 1.60 bits per heavy atom. The molecule has 3 heteroatoms. The van der Waals surface area contributed by atoms with E-state index < -0.39 is 12.1 Å². The summed E-state index contributed by atoms with van der Waals surface area (Å²) in [7, 11) is 0. The van der Waals surface area contributed by atoms with Gasteiger partial charge < -0.3 is 10.2 Å². The van der Waals surface area contributed by atoms with E-state index in [1.807, 2.05) is 13.8 Å². The van der Waals surface area contributed by atoms with Crippen molar-refractivity contribution >= 4 is 5.97 Å². The largest absolute Gasteiger partial charge is 0.479 e. The predicted molar refractivity (Wildman–Crippen MR) is 37.7 cm³/mol. The molecule has 0 bridgehead atoms. The van der Waals surface area contributed by atoms with Crippen molar-refractivity contribution in [2.45, 2.75) is 32.8 Å². The maximum Gasteiger partial charge on any atom is 0.332 e. The van der Waals surface area contributed by atoms with E-state index in [1.165, 1.54) is 0 Å². The number of carboxylic acid groups (broad SMARTS) is 1. The molecule has 0 aliphatic rings. The quantitative estimate of drug-likeness (QED) is 0.618. The second-order valence-corrected chi connectivity index (χ2v) is 2.60. The van der Waals surface area contributed by atoms with E-state index in [1.54, 1.807) is 0 Å². The summed E-state index contributed by atoms with van der Waals surface area (Å²) in [6, 6.07) is 0. The van der Waals surface area contributed by atoms with Crippen LogP contribution in [0.1, 0.15) is 26.7 Å². The Morgan fingerprint density at radius 3 is 2.40 bits per heavy atom. The van der Waals surface area contributed by atoms with Crippen LogP contribution in [0.4, 0.5) is 0 Å². The van der Waals surface area contributed by atoms with Crippen LogP contribution in [0.15, 0.2) is 0 Å². The normalized spacial score (nSPS) is 16.3. The summed E-state index contributed by atoms with van der Waals surface area (Å²) in [5.41, 5.74) is 0. The lowest BCUT2D eigenvalue weighted by Gasteiger charge is -2.09. The molecule has 3 nitrogen and oxygen atoms in total. The minimum absolute atomic E-state index is 0.283. The van der Waals surface area contributed by atoms with Crippen LogP contribution in [0.3, 0.4) is 0 Å². The smallest absolute Gasteiger partial charge is 0.332 e. The number of aliphatic hydroxyl groups is 1. The lowest BCUT2D eigenvalue weighted by atomic mass is 10.0. The molecular formula is C7H14O3. The second kappa shape index (κ2) is 4.28. The van der Waals surface area contributed by atoms with Gasteiger partial charge in [-0.3, -0.25) is 0 Å². The Bertz CT molecular complexity index is 111. The van der Waals surface area contributed by atoms with Crippen molar-refractivity contribution < 1.29 is 15.0 Å². The minimum Gasteiger partial charge on any atom is -0.479 e. The molecule has 0 aliphatic heterocycles. The second-order valence-electron chi connectivity index (χ2n) is 2.60. The first-order valence-corrected chi connectivity index (χ1v) is 3.48. The molecule has 2 N–H and O–H groups in total. The fraction of sp³-hybridized carbons (Fsp3) is 0.857. The first-order chi connectivity index (χ1) is 4.57. The first-order valence-electron chi connectivity index (χ1n) is 3.48. The molecule has 0 aliphatic carbocycles. The van der Waals surface area contributed by atoms with Gasteiger partial charge in [0.05, 0.1) is 0 Å². The van der Waals surface area contributed by atoms with Gasteiger partial charge in [-0.25, -0.2) is 4.79 Å². The molecule has 60 valence electrons. The Kier molecular flexibility index (Phi) is 4.03. The molecule has 0 radical (unpaired) electrons. The van der Waals surface area contributed by atoms with Crippen molar-refractivity contribution in [1.29, 1.82) is 0 Å². The first kappa shape index (κ1) is 9.43. The molecule has 0 rings (SSSR count). The van der Waals surface area contributed by atoms with Crippen LogP contribution in [0.25, 0.3) is 0 Å². The number of hydrogen-bond acceptors (Lipinski definition) is 2. The Hall–Kier alpha value is -0.570. The average molecular weight is 146 g/mol. The van der Waals surface area contributed by atoms with Crippen LogP contribution in [0.2, 0.25) is 0 Å². The zero-order valence-corrected chi connectivity index (χ0v) is 6.37. The molecule has 0 heterocycles. The fourth-order valence-corrected chi connectivity index (χ4v) is 0.649. The summed E-state index contributed by atoms with van der Waals surface area (Å²) < 4.78 is 0. The summed E-state index contributed by atoms with van der Waals surface area (Å²) in [5.74, 6) is -0.841. The lowest BCUT2D eigenvalue weighted by Crippen LogP contribution is -2.21. The molecule has 0 aromatic rings. The van der Waals surface area contributed by atoms with E-state index in [2.05, 4.69) is 0 Å². The molecule has 0 amide bonds. The van der Waals surface area contributed by atoms with Crippen molar-refractivity contribution in [3.05, 3.63) is 0 Å². The highest BCUT2D eigenvalue weighted by atomic mass is 16.4. The summed E-state index contributed by atoms with van der Waals surface area (Å²) >= 11 is 0. The van der Waals surface area contributed by atoms with Crippen molar-refractivity contribution in [3.63, 3.8) is 0 Å². The average Bonchev–Trinajstić information content (AvgIpc) is 1.87. The third-order valence-electron chi connectivity index (χ3n) is 1.61. The standard InChI is InChI=1S/C7H14O3/c1-3-5(2)4-6(8)7(9)10/h5-6,8H,3-4H2,1-2H3,(H,9,10)/t5-,6-/m1/s1. The zero-order chi connectivity index (χ0) is 8.15. The molecule has 0 saturated heterocycles. The Balaban J connectivity index is 3.56. The van der Waals surface area contributed by atoms with Gasteiger partial charge >= 0.3 is 5.97 Å². The number of rotatable bonds is 4. The molecule has 2 atom stereocenters. The summed E-state index contributed by atoms with van der Waals surface area (Å²) in [6.07, 6.45) is 0.0749. The zero-order valence-electron chi connectivity index (χ0n) is 6.37. The molecule has 0 spiro atoms. The van der Waals surface area contributed by atoms with Crippen LogP contribution < -0.4 is 0 Å². The van der Waals surface area contributed by atoms with Gasteiger partial charge in [-0.15, -0.1) is 0 Å². The van der Waals surface area contributed by atoms with Crippen molar-refractivity contribution in [2.75, 3.05) is 0 Å². The number of aliphatic hydroxyl groups excluding tert-OH is 1. The van der Waals surface area contributed by atoms with Crippen molar-refractivity contribution in [2.24, 2.45) is 5.92 Å². The van der Waals surface area contributed by atoms with Gasteiger partial charge in [0.1, 0.15) is 0 Å². The minimum atomic E-state index is -1.19. The highest BCUT2D eigenvalue weighted by Crippen LogP contribution is 2.09. The van der Waals surface area contributed by atoms with E-state index >= 15 is 0 Å². The molecular weight excluding hydrogens is 132 g/mol. The third kappa shape index (κ3) is 3.45. The van der Waals surface area contributed by atoms with Crippen molar-refractivity contribution in [1.82, 2.24) is 0 Å². The summed E-state index contributed by atoms with van der Waals surface area (Å²) in [5, 5.41) is 17.1. The van der Waals surface area contributed by atoms with E-state index in [0.29, 0.717) is 6.42 Å². The SMILES string of the molecule is CC[C@@H](C)C[C@@H](O)C(=O)O. The number of aliphatic carboxylic acids is 1. The maximum atomic E-state index is 10.1. The van der Waals surface area contributed by atoms with Gasteiger partial charge in [-0.2, -0.15) is 0 Å². The van der Waals surface area contributed by atoms with Crippen LogP contribution in [0.5, 0.6) is 0 Å². The topological polar surface area (TPSA) is 57.5 Å². The molecule has 0 aromatic carbocycles. The van der Waals surface area contributed by atoms with E-state index in [0.717, 1.165) is 6.42 Å². The Morgan fingerprint density at radius 2 is 2.10 bits per heavy atom. The fourth-order valence-electron chi connectivity index (χ4n) is 0.649. The molecule has 0 fully saturated rings. The van der Waals surface area contributed by atoms with E-state index in [4.69, 9.17) is 10.2 Å². The molecule has 10 heavy (non-hydrogen) atoms. The number of carboxylic acids is 1. The van der Waals surface area contributed by atoms with Crippen LogP contribution >= 0.6 is 0 Å². The highest BCUT2D eigenvalue weighted by molar-refractivity contribution is 5.71. The maximum absolute atomic E-state index is 10.1. The highest BCUT2D eigenvalue weighted by Gasteiger charge is 2.15. The molecule has 0 saturated carbocycles. The molecule has 0 aromatic heterocycles. The van der Waals surface area contributed by atoms with Gasteiger partial charge in [0, 0.05) is 0 Å². The lowest BCUT2D eigenvalue weighted by molar-refractivity contribution is -0.147. The van der Waals surface area contributed by atoms with Crippen LogP contribution in [-0.4, -0.2) is 22.3 Å². The van der Waals surface area contributed by atoms with Crippen molar-refractivity contribution in [3.8, 4) is 0 Å². The van der Waals surface area contributed by atoms with Gasteiger partial charge in [0.15, 0.2) is 6.10 Å². The Labute approximate surface area is 60.7 Å². The number of carbonyl (C=O) groups is 1. The van der Waals surface area contributed by atoms with E-state index in [-0.39, 0.29) is 5.92 Å². The van der Waals surface area contributed by atoms with Gasteiger partial charge in [-0.1, -0.05) is 20.3 Å². The monoisotopic (exact) mass is 146 g/mol. The van der Waals surface area contributed by atoms with Crippen LogP contribution in [-0.2, 0) is 4.79 Å². The van der Waals surface area contributed by atoms with Gasteiger partial charge in [-0.05, 0) is 12.3 Å². The summed E-state index contributed by atoms with van der Waals surface area (Å²) in [4.78, 5) is 10.1. The molecule has 0 unspecified atom stereocenters. The number of hydrogen-bond donors (Lipinski definition) is 2. The van der Waals surface area contributed by atoms with Crippen LogP contribution in [0, 0.1) is 5.92 Å². The third-order valence-corrected chi connectivity index (χ3v) is 1.61. The summed E-state index contributed by atoms with van der Waals surface area (Å²) in [6.45, 7) is 3.89. The van der Waals surface area contributed by atoms with Gasteiger partial charge in [0.25, 0.3) is 0 Å². The van der Waals surface area contributed by atoms with E-state index in [9.17, 15) is 4.79 Å². The van der Waals surface area contributed by atoms with Gasteiger partial charge in [0.2, 0.25) is 0 Å². The predicted octanol–water partition coefficient (Wildman–Crippen LogP) is 0.868.